The highest BCUT2D eigenvalue weighted by molar-refractivity contribution is 8.00. The maximum Gasteiger partial charge on any atom is 0.230 e. The van der Waals surface area contributed by atoms with E-state index in [2.05, 4.69) is 10.6 Å². The molecule has 1 aromatic rings. The summed E-state index contributed by atoms with van der Waals surface area (Å²) in [5.41, 5.74) is 0.704. The summed E-state index contributed by atoms with van der Waals surface area (Å²) in [5, 5.41) is 6.16. The van der Waals surface area contributed by atoms with Crippen molar-refractivity contribution in [2.75, 3.05) is 24.6 Å². The summed E-state index contributed by atoms with van der Waals surface area (Å²) < 4.78 is 0. The molecule has 1 heterocycles. The third-order valence-electron chi connectivity index (χ3n) is 2.99. The SMILES string of the molecule is Cl.O=C(CSCC(=O)c1ccccc1)NC1CCNC1. The van der Waals surface area contributed by atoms with Gasteiger partial charge in [0.2, 0.25) is 5.91 Å². The molecule has 1 aromatic carbocycles. The summed E-state index contributed by atoms with van der Waals surface area (Å²) in [6.45, 7) is 1.81. The second-order valence-electron chi connectivity index (χ2n) is 4.54. The molecular weight excluding hydrogens is 296 g/mol. The van der Waals surface area contributed by atoms with Gasteiger partial charge in [0.25, 0.3) is 0 Å². The maximum absolute atomic E-state index is 11.8. The van der Waals surface area contributed by atoms with Crippen LogP contribution in [0.2, 0.25) is 0 Å². The lowest BCUT2D eigenvalue weighted by Gasteiger charge is -2.10. The minimum absolute atomic E-state index is 0. The number of carbonyl (C=O) groups excluding carboxylic acids is 2. The van der Waals surface area contributed by atoms with E-state index in [0.717, 1.165) is 19.5 Å². The number of nitrogens with one attached hydrogen (secondary N) is 2. The van der Waals surface area contributed by atoms with Crippen molar-refractivity contribution < 1.29 is 9.59 Å². The molecule has 0 aromatic heterocycles. The molecule has 1 atom stereocenters. The number of hydrogen-bond donors (Lipinski definition) is 2. The first-order chi connectivity index (χ1) is 9.25. The Morgan fingerprint density at radius 3 is 2.65 bits per heavy atom. The molecule has 1 unspecified atom stereocenters. The molecule has 1 saturated heterocycles. The Morgan fingerprint density at radius 2 is 2.00 bits per heavy atom. The average molecular weight is 315 g/mol. The van der Waals surface area contributed by atoms with Crippen LogP contribution in [0.3, 0.4) is 0 Å². The number of benzene rings is 1. The summed E-state index contributed by atoms with van der Waals surface area (Å²) in [7, 11) is 0. The summed E-state index contributed by atoms with van der Waals surface area (Å²) >= 11 is 1.37. The molecule has 0 saturated carbocycles. The van der Waals surface area contributed by atoms with Gasteiger partial charge in [-0.2, -0.15) is 0 Å². The van der Waals surface area contributed by atoms with Gasteiger partial charge in [0, 0.05) is 18.2 Å². The molecule has 6 heteroatoms. The largest absolute Gasteiger partial charge is 0.351 e. The fourth-order valence-electron chi connectivity index (χ4n) is 1.99. The van der Waals surface area contributed by atoms with Crippen LogP contribution in [0.15, 0.2) is 30.3 Å². The molecule has 0 aliphatic carbocycles. The predicted molar refractivity (Wildman–Crippen MR) is 84.8 cm³/mol. The lowest BCUT2D eigenvalue weighted by molar-refractivity contribution is -0.119. The Morgan fingerprint density at radius 1 is 1.25 bits per heavy atom. The molecule has 2 N–H and O–H groups in total. The van der Waals surface area contributed by atoms with E-state index in [9.17, 15) is 9.59 Å². The Bertz CT molecular complexity index is 436. The molecule has 0 radical (unpaired) electrons. The van der Waals surface area contributed by atoms with Crippen molar-refractivity contribution in [1.82, 2.24) is 10.6 Å². The van der Waals surface area contributed by atoms with Gasteiger partial charge < -0.3 is 10.6 Å². The maximum atomic E-state index is 11.8. The van der Waals surface area contributed by atoms with Crippen molar-refractivity contribution in [2.45, 2.75) is 12.5 Å². The fourth-order valence-corrected chi connectivity index (χ4v) is 2.71. The first-order valence-corrected chi connectivity index (χ1v) is 7.57. The number of carbonyl (C=O) groups is 2. The molecule has 20 heavy (non-hydrogen) atoms. The Labute approximate surface area is 129 Å². The fraction of sp³-hybridized carbons (Fsp3) is 0.429. The Balaban J connectivity index is 0.00000200. The number of amides is 1. The number of halogens is 1. The third kappa shape index (κ3) is 5.53. The number of rotatable bonds is 6. The second kappa shape index (κ2) is 9.00. The summed E-state index contributed by atoms with van der Waals surface area (Å²) in [4.78, 5) is 23.5. The van der Waals surface area contributed by atoms with Gasteiger partial charge in [0.05, 0.1) is 11.5 Å². The number of thioether (sulfide) groups is 1. The minimum Gasteiger partial charge on any atom is -0.351 e. The zero-order valence-corrected chi connectivity index (χ0v) is 12.8. The van der Waals surface area contributed by atoms with E-state index in [1.54, 1.807) is 12.1 Å². The summed E-state index contributed by atoms with van der Waals surface area (Å²) in [6, 6.07) is 9.42. The van der Waals surface area contributed by atoms with Crippen LogP contribution in [0.4, 0.5) is 0 Å². The predicted octanol–water partition coefficient (Wildman–Crippen LogP) is 1.50. The first-order valence-electron chi connectivity index (χ1n) is 6.42. The Hall–Kier alpha value is -1.04. The summed E-state index contributed by atoms with van der Waals surface area (Å²) in [6.07, 6.45) is 0.985. The van der Waals surface area contributed by atoms with Crippen LogP contribution in [-0.2, 0) is 4.79 Å². The normalized spacial score (nSPS) is 17.3. The van der Waals surface area contributed by atoms with E-state index in [-0.39, 0.29) is 30.1 Å². The topological polar surface area (TPSA) is 58.2 Å². The molecule has 0 spiro atoms. The zero-order chi connectivity index (χ0) is 13.5. The van der Waals surface area contributed by atoms with Crippen molar-refractivity contribution >= 4 is 35.9 Å². The van der Waals surface area contributed by atoms with Gasteiger partial charge in [-0.3, -0.25) is 9.59 Å². The van der Waals surface area contributed by atoms with E-state index in [1.165, 1.54) is 11.8 Å². The van der Waals surface area contributed by atoms with Crippen molar-refractivity contribution in [3.05, 3.63) is 35.9 Å². The van der Waals surface area contributed by atoms with Crippen LogP contribution < -0.4 is 10.6 Å². The van der Waals surface area contributed by atoms with E-state index in [0.29, 0.717) is 17.1 Å². The zero-order valence-electron chi connectivity index (χ0n) is 11.1. The Kier molecular flexibility index (Phi) is 7.65. The van der Waals surface area contributed by atoms with Crippen molar-refractivity contribution in [3.8, 4) is 0 Å². The van der Waals surface area contributed by atoms with Crippen LogP contribution in [0.5, 0.6) is 0 Å². The van der Waals surface area contributed by atoms with Gasteiger partial charge in [0.15, 0.2) is 5.78 Å². The van der Waals surface area contributed by atoms with E-state index >= 15 is 0 Å². The third-order valence-corrected chi connectivity index (χ3v) is 3.92. The average Bonchev–Trinajstić information content (AvgIpc) is 2.92. The lowest BCUT2D eigenvalue weighted by atomic mass is 10.2. The molecule has 1 amide bonds. The van der Waals surface area contributed by atoms with Gasteiger partial charge in [-0.15, -0.1) is 24.2 Å². The number of ketones is 1. The van der Waals surface area contributed by atoms with Gasteiger partial charge in [-0.25, -0.2) is 0 Å². The molecule has 1 aliphatic heterocycles. The van der Waals surface area contributed by atoms with Crippen molar-refractivity contribution in [2.24, 2.45) is 0 Å². The molecule has 110 valence electrons. The molecular formula is C14H19ClN2O2S. The van der Waals surface area contributed by atoms with Crippen LogP contribution in [0, 0.1) is 0 Å². The quantitative estimate of drug-likeness (QED) is 0.781. The van der Waals surface area contributed by atoms with E-state index < -0.39 is 0 Å². The molecule has 1 aliphatic rings. The van der Waals surface area contributed by atoms with Crippen LogP contribution in [0.1, 0.15) is 16.8 Å². The molecule has 0 bridgehead atoms. The molecule has 1 fully saturated rings. The van der Waals surface area contributed by atoms with Crippen LogP contribution >= 0.6 is 24.2 Å². The van der Waals surface area contributed by atoms with Gasteiger partial charge in [-0.05, 0) is 13.0 Å². The monoisotopic (exact) mass is 314 g/mol. The highest BCUT2D eigenvalue weighted by Gasteiger charge is 2.16. The standard InChI is InChI=1S/C14H18N2O2S.ClH/c17-13(11-4-2-1-3-5-11)9-19-10-14(18)16-12-6-7-15-8-12;/h1-5,12,15H,6-10H2,(H,16,18);1H. The summed E-state index contributed by atoms with van der Waals surface area (Å²) in [5.74, 6) is 0.774. The molecule has 2 rings (SSSR count). The van der Waals surface area contributed by atoms with E-state index in [1.807, 2.05) is 18.2 Å². The van der Waals surface area contributed by atoms with Crippen LogP contribution in [-0.4, -0.2) is 42.3 Å². The number of Topliss-reactive ketones (excluding diaryl/α,β-unsaturated/α-hetero) is 1. The lowest BCUT2D eigenvalue weighted by Crippen LogP contribution is -2.37. The van der Waals surface area contributed by atoms with Gasteiger partial charge in [0.1, 0.15) is 0 Å². The van der Waals surface area contributed by atoms with Crippen molar-refractivity contribution in [3.63, 3.8) is 0 Å². The first kappa shape index (κ1) is 17.0. The van der Waals surface area contributed by atoms with Crippen LogP contribution in [0.25, 0.3) is 0 Å². The van der Waals surface area contributed by atoms with E-state index in [4.69, 9.17) is 0 Å². The minimum atomic E-state index is 0. The van der Waals surface area contributed by atoms with Crippen molar-refractivity contribution in [1.29, 1.82) is 0 Å². The smallest absolute Gasteiger partial charge is 0.230 e. The second-order valence-corrected chi connectivity index (χ2v) is 5.52. The number of hydrogen-bond acceptors (Lipinski definition) is 4. The molecule has 4 nitrogen and oxygen atoms in total. The highest BCUT2D eigenvalue weighted by Crippen LogP contribution is 2.07. The van der Waals surface area contributed by atoms with Gasteiger partial charge in [-0.1, -0.05) is 30.3 Å². The van der Waals surface area contributed by atoms with Gasteiger partial charge >= 0.3 is 0 Å². The highest BCUT2D eigenvalue weighted by atomic mass is 35.5.